The Morgan fingerprint density at radius 1 is 0.608 bits per heavy atom. The quantitative estimate of drug-likeness (QED) is 0.0204. The third-order valence-corrected chi connectivity index (χ3v) is 9.66. The number of carbonyl (C=O) groups excluding carboxylic acids is 1. The van der Waals surface area contributed by atoms with Crippen LogP contribution in [0, 0.1) is 0 Å². The van der Waals surface area contributed by atoms with Crippen molar-refractivity contribution in [3.63, 3.8) is 0 Å². The van der Waals surface area contributed by atoms with E-state index in [1.807, 2.05) is 21.1 Å². The Balaban J connectivity index is 4.33. The van der Waals surface area contributed by atoms with Gasteiger partial charge in [-0.05, 0) is 51.4 Å². The molecule has 0 saturated heterocycles. The summed E-state index contributed by atoms with van der Waals surface area (Å²) in [7, 11) is 1.33. The molecule has 1 unspecified atom stereocenters. The van der Waals surface area contributed by atoms with Crippen LogP contribution in [0.1, 0.15) is 168 Å². The lowest BCUT2D eigenvalue weighted by molar-refractivity contribution is -0.870. The minimum absolute atomic E-state index is 0.0195. The van der Waals surface area contributed by atoms with E-state index in [4.69, 9.17) is 18.5 Å². The first-order chi connectivity index (χ1) is 24.6. The van der Waals surface area contributed by atoms with Crippen LogP contribution in [0.3, 0.4) is 0 Å². The fourth-order valence-corrected chi connectivity index (χ4v) is 6.16. The zero-order valence-corrected chi connectivity index (χ0v) is 34.7. The molecule has 8 nitrogen and oxygen atoms in total. The Kier molecular flexibility index (Phi) is 34.8. The van der Waals surface area contributed by atoms with E-state index in [1.54, 1.807) is 0 Å². The number of rotatable bonds is 38. The number of ether oxygens (including phenoxy) is 2. The zero-order chi connectivity index (χ0) is 37.7. The Labute approximate surface area is 315 Å². The molecular formula is C42H80NO7P. The van der Waals surface area contributed by atoms with E-state index in [2.05, 4.69) is 50.3 Å². The highest BCUT2D eigenvalue weighted by atomic mass is 31.2. The number of hydrogen-bond donors (Lipinski definition) is 0. The van der Waals surface area contributed by atoms with Crippen molar-refractivity contribution in [2.24, 2.45) is 0 Å². The summed E-state index contributed by atoms with van der Waals surface area (Å²) < 4.78 is 34.5. The van der Waals surface area contributed by atoms with Gasteiger partial charge >= 0.3 is 5.97 Å². The van der Waals surface area contributed by atoms with Crippen LogP contribution in [0.4, 0.5) is 0 Å². The van der Waals surface area contributed by atoms with Crippen molar-refractivity contribution in [3.05, 3.63) is 36.5 Å². The number of esters is 1. The van der Waals surface area contributed by atoms with Gasteiger partial charge in [0.25, 0.3) is 7.82 Å². The summed E-state index contributed by atoms with van der Waals surface area (Å²) in [4.78, 5) is 25.0. The fraction of sp³-hybridized carbons (Fsp3) is 0.833. The van der Waals surface area contributed by atoms with Gasteiger partial charge in [-0.3, -0.25) is 9.36 Å². The minimum Gasteiger partial charge on any atom is -0.756 e. The zero-order valence-electron chi connectivity index (χ0n) is 33.8. The molecule has 0 aliphatic heterocycles. The van der Waals surface area contributed by atoms with Crippen LogP contribution in [0.25, 0.3) is 0 Å². The van der Waals surface area contributed by atoms with Crippen molar-refractivity contribution in [1.29, 1.82) is 0 Å². The average molecular weight is 742 g/mol. The third-order valence-electron chi connectivity index (χ3n) is 8.69. The standard InChI is InChI=1S/C42H80NO7P/c1-6-8-10-12-14-16-18-20-22-23-25-27-29-31-33-35-42(44)50-41(40-49-51(45,46)48-38-36-43(3,4)5)39-47-37-34-32-30-28-26-24-21-19-17-15-13-11-9-7-2/h14,16,20,22,25,27,41H,6-13,15,17-19,21,23-24,26,28-40H2,1-5H3/b16-14-,22-20-,27-25-/t41-/m1/s1. The lowest BCUT2D eigenvalue weighted by Gasteiger charge is -2.28. The molecule has 0 rings (SSSR count). The van der Waals surface area contributed by atoms with Gasteiger partial charge in [-0.2, -0.15) is 0 Å². The number of carbonyl (C=O) groups is 1. The van der Waals surface area contributed by atoms with Crippen LogP contribution >= 0.6 is 7.82 Å². The highest BCUT2D eigenvalue weighted by Gasteiger charge is 2.20. The molecule has 0 spiro atoms. The van der Waals surface area contributed by atoms with Gasteiger partial charge in [0, 0.05) is 13.0 Å². The lowest BCUT2D eigenvalue weighted by Crippen LogP contribution is -2.37. The smallest absolute Gasteiger partial charge is 0.306 e. The van der Waals surface area contributed by atoms with Gasteiger partial charge in [-0.1, -0.05) is 147 Å². The minimum atomic E-state index is -4.53. The molecule has 9 heteroatoms. The molecule has 51 heavy (non-hydrogen) atoms. The Hall–Kier alpha value is -1.28. The van der Waals surface area contributed by atoms with Gasteiger partial charge in [0.05, 0.1) is 34.4 Å². The summed E-state index contributed by atoms with van der Waals surface area (Å²) in [5, 5.41) is 0. The molecule has 0 aromatic heterocycles. The number of quaternary nitrogens is 1. The predicted molar refractivity (Wildman–Crippen MR) is 213 cm³/mol. The maximum atomic E-state index is 12.6. The van der Waals surface area contributed by atoms with E-state index in [-0.39, 0.29) is 32.2 Å². The van der Waals surface area contributed by atoms with Crippen LogP contribution < -0.4 is 4.89 Å². The van der Waals surface area contributed by atoms with Gasteiger partial charge in [0.15, 0.2) is 0 Å². The number of phosphoric acid groups is 1. The Bertz CT molecular complexity index is 915. The molecule has 0 N–H and O–H groups in total. The van der Waals surface area contributed by atoms with Crippen molar-refractivity contribution < 1.29 is 37.3 Å². The number of likely N-dealkylation sites (N-methyl/N-ethyl adjacent to an activating group) is 1. The first-order valence-corrected chi connectivity index (χ1v) is 22.2. The predicted octanol–water partition coefficient (Wildman–Crippen LogP) is 11.2. The Morgan fingerprint density at radius 3 is 1.61 bits per heavy atom. The molecule has 0 fully saturated rings. The second-order valence-electron chi connectivity index (χ2n) is 15.0. The number of hydrogen-bond acceptors (Lipinski definition) is 7. The lowest BCUT2D eigenvalue weighted by atomic mass is 10.0. The number of unbranched alkanes of at least 4 members (excludes halogenated alkanes) is 18. The van der Waals surface area contributed by atoms with Gasteiger partial charge in [0.2, 0.25) is 0 Å². The highest BCUT2D eigenvalue weighted by molar-refractivity contribution is 7.45. The molecule has 0 saturated carbocycles. The van der Waals surface area contributed by atoms with Crippen molar-refractivity contribution in [3.8, 4) is 0 Å². The van der Waals surface area contributed by atoms with Crippen molar-refractivity contribution in [2.75, 3.05) is 54.1 Å². The molecule has 0 aromatic carbocycles. The van der Waals surface area contributed by atoms with E-state index in [0.717, 1.165) is 38.5 Å². The van der Waals surface area contributed by atoms with Gasteiger partial charge in [-0.25, -0.2) is 0 Å². The summed E-state index contributed by atoms with van der Waals surface area (Å²) in [6.07, 6.45) is 40.1. The molecule has 0 amide bonds. The fourth-order valence-electron chi connectivity index (χ4n) is 5.43. The van der Waals surface area contributed by atoms with Crippen molar-refractivity contribution >= 4 is 13.8 Å². The SMILES string of the molecule is CCCCC/C=C\C/C=C\C/C=C\CCCCC(=O)O[C@H](COCCCCCCCCCCCCCCCC)COP(=O)([O-])OCC[N+](C)(C)C. The normalized spacial score (nSPS) is 14.2. The van der Waals surface area contributed by atoms with Crippen molar-refractivity contribution in [1.82, 2.24) is 0 Å². The second kappa shape index (κ2) is 35.7. The van der Waals surface area contributed by atoms with Crippen LogP contribution in [-0.4, -0.2) is 70.7 Å². The molecule has 0 aliphatic carbocycles. The van der Waals surface area contributed by atoms with Crippen LogP contribution in [0.2, 0.25) is 0 Å². The molecular weight excluding hydrogens is 661 g/mol. The number of phosphoric ester groups is 1. The van der Waals surface area contributed by atoms with Crippen LogP contribution in [-0.2, 0) is 27.9 Å². The summed E-state index contributed by atoms with van der Waals surface area (Å²) in [6, 6.07) is 0. The largest absolute Gasteiger partial charge is 0.756 e. The summed E-state index contributed by atoms with van der Waals surface area (Å²) in [6.45, 7) is 5.34. The molecule has 0 radical (unpaired) electrons. The molecule has 0 bridgehead atoms. The summed E-state index contributed by atoms with van der Waals surface area (Å²) in [5.74, 6) is -0.370. The van der Waals surface area contributed by atoms with E-state index >= 15 is 0 Å². The molecule has 0 aromatic rings. The van der Waals surface area contributed by atoms with E-state index < -0.39 is 13.9 Å². The first kappa shape index (κ1) is 49.7. The van der Waals surface area contributed by atoms with Crippen molar-refractivity contribution in [2.45, 2.75) is 174 Å². The highest BCUT2D eigenvalue weighted by Crippen LogP contribution is 2.38. The van der Waals surface area contributed by atoms with E-state index in [1.165, 1.54) is 103 Å². The molecule has 0 heterocycles. The van der Waals surface area contributed by atoms with Gasteiger partial charge in [0.1, 0.15) is 19.3 Å². The van der Waals surface area contributed by atoms with E-state index in [9.17, 15) is 14.3 Å². The monoisotopic (exact) mass is 742 g/mol. The maximum absolute atomic E-state index is 12.6. The topological polar surface area (TPSA) is 94.1 Å². The number of allylic oxidation sites excluding steroid dienone is 6. The van der Waals surface area contributed by atoms with E-state index in [0.29, 0.717) is 24.1 Å². The molecule has 2 atom stereocenters. The van der Waals surface area contributed by atoms with Gasteiger partial charge in [-0.15, -0.1) is 0 Å². The third kappa shape index (κ3) is 39.8. The van der Waals surface area contributed by atoms with Gasteiger partial charge < -0.3 is 27.9 Å². The maximum Gasteiger partial charge on any atom is 0.306 e. The van der Waals surface area contributed by atoms with Crippen LogP contribution in [0.15, 0.2) is 36.5 Å². The molecule has 0 aliphatic rings. The summed E-state index contributed by atoms with van der Waals surface area (Å²) in [5.41, 5.74) is 0. The second-order valence-corrected chi connectivity index (χ2v) is 16.4. The average Bonchev–Trinajstić information content (AvgIpc) is 3.08. The first-order valence-electron chi connectivity index (χ1n) is 20.7. The van der Waals surface area contributed by atoms with Crippen LogP contribution in [0.5, 0.6) is 0 Å². The summed E-state index contributed by atoms with van der Waals surface area (Å²) >= 11 is 0. The Morgan fingerprint density at radius 2 is 1.08 bits per heavy atom. The molecule has 300 valence electrons. The number of nitrogens with zero attached hydrogens (tertiary/aromatic N) is 1.